The van der Waals surface area contributed by atoms with Gasteiger partial charge in [-0.05, 0) is 38.5 Å². The number of amides is 1. The average molecular weight is 370 g/mol. The first-order chi connectivity index (χ1) is 11.7. The predicted molar refractivity (Wildman–Crippen MR) is 109 cm³/mol. The highest BCUT2D eigenvalue weighted by Crippen LogP contribution is 2.01. The predicted octanol–water partition coefficient (Wildman–Crippen LogP) is 1.83. The molecule has 1 amide bonds. The second-order valence-corrected chi connectivity index (χ2v) is 6.86. The molecule has 0 saturated heterocycles. The van der Waals surface area contributed by atoms with Gasteiger partial charge in [-0.3, -0.25) is 9.69 Å². The maximum absolute atomic E-state index is 11.8. The van der Waals surface area contributed by atoms with Crippen molar-refractivity contribution in [2.75, 3.05) is 57.8 Å². The summed E-state index contributed by atoms with van der Waals surface area (Å²) in [6, 6.07) is 10.6. The number of carbonyl (C=O) groups is 1. The summed E-state index contributed by atoms with van der Waals surface area (Å²) in [5.41, 5.74) is 1.38. The van der Waals surface area contributed by atoms with E-state index >= 15 is 0 Å². The first-order valence-corrected chi connectivity index (χ1v) is 9.85. The van der Waals surface area contributed by atoms with Crippen molar-refractivity contribution in [3.8, 4) is 0 Å². The zero-order chi connectivity index (χ0) is 17.6. The molecular weight excluding hydrogens is 338 g/mol. The van der Waals surface area contributed by atoms with Crippen LogP contribution in [0.1, 0.15) is 12.0 Å². The van der Waals surface area contributed by atoms with Crippen LogP contribution in [0.4, 0.5) is 0 Å². The van der Waals surface area contributed by atoms with E-state index in [2.05, 4.69) is 77.8 Å². The molecule has 136 valence electrons. The molecule has 1 N–H and O–H groups in total. The Balaban J connectivity index is 2.22. The Morgan fingerprint density at radius 2 is 1.79 bits per heavy atom. The quantitative estimate of drug-likeness (QED) is 0.464. The summed E-state index contributed by atoms with van der Waals surface area (Å²) in [5.74, 6) is 1.51. The van der Waals surface area contributed by atoms with E-state index in [0.717, 1.165) is 44.8 Å². The van der Waals surface area contributed by atoms with Crippen molar-refractivity contribution >= 4 is 31.2 Å². The molecule has 0 spiro atoms. The van der Waals surface area contributed by atoms with E-state index in [1.807, 2.05) is 0 Å². The van der Waals surface area contributed by atoms with Crippen molar-refractivity contribution in [2.24, 2.45) is 0 Å². The van der Waals surface area contributed by atoms with Crippen molar-refractivity contribution < 1.29 is 4.79 Å². The molecule has 24 heavy (non-hydrogen) atoms. The van der Waals surface area contributed by atoms with Gasteiger partial charge in [0, 0.05) is 31.1 Å². The molecule has 0 fully saturated rings. The zero-order valence-corrected chi connectivity index (χ0v) is 16.4. The molecule has 1 rings (SSSR count). The van der Waals surface area contributed by atoms with Gasteiger partial charge in [-0.25, -0.2) is 0 Å². The van der Waals surface area contributed by atoms with Gasteiger partial charge in [0.25, 0.3) is 0 Å². The van der Waals surface area contributed by atoms with Crippen LogP contribution in [0, 0.1) is 0 Å². The molecule has 0 aliphatic rings. The average Bonchev–Trinajstić information content (AvgIpc) is 2.59. The third kappa shape index (κ3) is 10.2. The van der Waals surface area contributed by atoms with Gasteiger partial charge in [-0.2, -0.15) is 25.3 Å². The number of rotatable bonds is 13. The van der Waals surface area contributed by atoms with E-state index < -0.39 is 0 Å². The SMILES string of the molecule is CN(CCCN(CCS)CC(=O)NCCS)CCc1ccccc1. The number of nitrogens with one attached hydrogen (secondary N) is 1. The van der Waals surface area contributed by atoms with Crippen LogP contribution >= 0.6 is 25.3 Å². The molecule has 4 nitrogen and oxygen atoms in total. The molecule has 0 bridgehead atoms. The lowest BCUT2D eigenvalue weighted by molar-refractivity contribution is -0.122. The standard InChI is InChI=1S/C18H31N3OS2/c1-20(12-8-17-6-3-2-4-7-17)10-5-11-21(13-15-24)16-18(22)19-9-14-23/h2-4,6-7,23-24H,5,8-16H2,1H3,(H,19,22). The summed E-state index contributed by atoms with van der Waals surface area (Å²) in [6.45, 7) is 4.92. The lowest BCUT2D eigenvalue weighted by Crippen LogP contribution is -2.40. The van der Waals surface area contributed by atoms with Gasteiger partial charge in [0.15, 0.2) is 0 Å². The number of hydrogen-bond donors (Lipinski definition) is 3. The van der Waals surface area contributed by atoms with Gasteiger partial charge in [-0.15, -0.1) is 0 Å². The molecular formula is C18H31N3OS2. The van der Waals surface area contributed by atoms with Gasteiger partial charge < -0.3 is 10.2 Å². The van der Waals surface area contributed by atoms with Crippen molar-refractivity contribution in [1.29, 1.82) is 0 Å². The number of benzene rings is 1. The first kappa shape index (κ1) is 21.4. The maximum Gasteiger partial charge on any atom is 0.234 e. The molecule has 0 radical (unpaired) electrons. The molecule has 0 atom stereocenters. The van der Waals surface area contributed by atoms with Gasteiger partial charge in [0.1, 0.15) is 0 Å². The summed E-state index contributed by atoms with van der Waals surface area (Å²) in [7, 11) is 2.16. The highest BCUT2D eigenvalue weighted by molar-refractivity contribution is 7.80. The smallest absolute Gasteiger partial charge is 0.234 e. The fourth-order valence-electron chi connectivity index (χ4n) is 2.51. The second kappa shape index (κ2) is 13.6. The Hall–Kier alpha value is -0.690. The topological polar surface area (TPSA) is 35.6 Å². The number of thiol groups is 2. The Labute approximate surface area is 157 Å². The van der Waals surface area contributed by atoms with E-state index in [-0.39, 0.29) is 5.91 Å². The maximum atomic E-state index is 11.8. The highest BCUT2D eigenvalue weighted by Gasteiger charge is 2.10. The van der Waals surface area contributed by atoms with Crippen LogP contribution in [0.5, 0.6) is 0 Å². The van der Waals surface area contributed by atoms with Crippen molar-refractivity contribution in [3.63, 3.8) is 0 Å². The van der Waals surface area contributed by atoms with E-state index in [1.165, 1.54) is 5.56 Å². The fraction of sp³-hybridized carbons (Fsp3) is 0.611. The van der Waals surface area contributed by atoms with Gasteiger partial charge in [-0.1, -0.05) is 30.3 Å². The molecule has 0 aromatic heterocycles. The van der Waals surface area contributed by atoms with Crippen LogP contribution in [-0.4, -0.2) is 73.5 Å². The van der Waals surface area contributed by atoms with E-state index in [1.54, 1.807) is 0 Å². The lowest BCUT2D eigenvalue weighted by atomic mass is 10.1. The first-order valence-electron chi connectivity index (χ1n) is 8.59. The largest absolute Gasteiger partial charge is 0.354 e. The fourth-order valence-corrected chi connectivity index (χ4v) is 2.90. The van der Waals surface area contributed by atoms with Crippen LogP contribution < -0.4 is 5.32 Å². The molecule has 0 saturated carbocycles. The van der Waals surface area contributed by atoms with Crippen LogP contribution in [-0.2, 0) is 11.2 Å². The molecule has 0 heterocycles. The molecule has 1 aromatic rings. The van der Waals surface area contributed by atoms with Gasteiger partial charge in [0.2, 0.25) is 5.91 Å². The minimum absolute atomic E-state index is 0.0725. The Bertz CT molecular complexity index is 445. The van der Waals surface area contributed by atoms with E-state index in [4.69, 9.17) is 0 Å². The van der Waals surface area contributed by atoms with E-state index in [0.29, 0.717) is 18.8 Å². The summed E-state index contributed by atoms with van der Waals surface area (Å²) >= 11 is 8.40. The Kier molecular flexibility index (Phi) is 12.1. The summed E-state index contributed by atoms with van der Waals surface area (Å²) < 4.78 is 0. The third-order valence-electron chi connectivity index (χ3n) is 3.86. The van der Waals surface area contributed by atoms with Crippen LogP contribution in [0.2, 0.25) is 0 Å². The molecule has 0 aliphatic heterocycles. The number of nitrogens with zero attached hydrogens (tertiary/aromatic N) is 2. The number of likely N-dealkylation sites (N-methyl/N-ethyl adjacent to an activating group) is 1. The highest BCUT2D eigenvalue weighted by atomic mass is 32.1. The summed E-state index contributed by atoms with van der Waals surface area (Å²) in [4.78, 5) is 16.3. The minimum Gasteiger partial charge on any atom is -0.354 e. The Morgan fingerprint density at radius 3 is 2.46 bits per heavy atom. The number of hydrogen-bond acceptors (Lipinski definition) is 5. The van der Waals surface area contributed by atoms with Gasteiger partial charge in [0.05, 0.1) is 6.54 Å². The van der Waals surface area contributed by atoms with Crippen molar-refractivity contribution in [3.05, 3.63) is 35.9 Å². The van der Waals surface area contributed by atoms with E-state index in [9.17, 15) is 4.79 Å². The normalized spacial score (nSPS) is 11.2. The molecule has 6 heteroatoms. The van der Waals surface area contributed by atoms with Crippen LogP contribution in [0.15, 0.2) is 30.3 Å². The minimum atomic E-state index is 0.0725. The van der Waals surface area contributed by atoms with Crippen molar-refractivity contribution in [2.45, 2.75) is 12.8 Å². The molecule has 0 aliphatic carbocycles. The van der Waals surface area contributed by atoms with Crippen LogP contribution in [0.3, 0.4) is 0 Å². The molecule has 0 unspecified atom stereocenters. The monoisotopic (exact) mass is 369 g/mol. The lowest BCUT2D eigenvalue weighted by Gasteiger charge is -2.23. The second-order valence-electron chi connectivity index (χ2n) is 5.97. The summed E-state index contributed by atoms with van der Waals surface area (Å²) in [6.07, 6.45) is 2.13. The third-order valence-corrected chi connectivity index (χ3v) is 4.28. The zero-order valence-electron chi connectivity index (χ0n) is 14.7. The molecule has 1 aromatic carbocycles. The Morgan fingerprint density at radius 1 is 1.04 bits per heavy atom. The number of carbonyl (C=O) groups excluding carboxylic acids is 1. The van der Waals surface area contributed by atoms with Gasteiger partial charge >= 0.3 is 0 Å². The summed E-state index contributed by atoms with van der Waals surface area (Å²) in [5, 5.41) is 2.87. The van der Waals surface area contributed by atoms with Crippen molar-refractivity contribution in [1.82, 2.24) is 15.1 Å². The van der Waals surface area contributed by atoms with Crippen LogP contribution in [0.25, 0.3) is 0 Å².